The maximum atomic E-state index is 13.4. The van der Waals surface area contributed by atoms with Crippen LogP contribution in [0.1, 0.15) is 34.8 Å². The van der Waals surface area contributed by atoms with Gasteiger partial charge in [0, 0.05) is 34.6 Å². The van der Waals surface area contributed by atoms with Gasteiger partial charge in [0.05, 0.1) is 13.2 Å². The molecule has 0 aromatic heterocycles. The lowest BCUT2D eigenvalue weighted by Gasteiger charge is -2.28. The molecule has 5 nitrogen and oxygen atoms in total. The summed E-state index contributed by atoms with van der Waals surface area (Å²) >= 11 is 1.16. The lowest BCUT2D eigenvalue weighted by atomic mass is 9.95. The number of methoxy groups -OCH3 is 1. The zero-order valence-corrected chi connectivity index (χ0v) is 21.5. The third kappa shape index (κ3) is 5.29. The molecule has 0 spiro atoms. The Morgan fingerprint density at radius 3 is 2.29 bits per heavy atom. The molecular weight excluding hydrogens is 501 g/mol. The van der Waals surface area contributed by atoms with Crippen LogP contribution in [0.15, 0.2) is 97.1 Å². The first-order valence-electron chi connectivity index (χ1n) is 12.3. The molecule has 192 valence electrons. The van der Waals surface area contributed by atoms with Crippen LogP contribution in [0.2, 0.25) is 0 Å². The Bertz CT molecular complexity index is 1440. The number of carbonyl (C=O) groups excluding carboxylic acids is 2. The zero-order chi connectivity index (χ0) is 26.6. The first kappa shape index (κ1) is 25.5. The molecule has 4 aromatic carbocycles. The van der Waals surface area contributed by atoms with E-state index < -0.39 is 11.9 Å². The number of halogens is 1. The van der Waals surface area contributed by atoms with Crippen molar-refractivity contribution < 1.29 is 23.8 Å². The second-order valence-corrected chi connectivity index (χ2v) is 10.2. The van der Waals surface area contributed by atoms with Gasteiger partial charge in [0.1, 0.15) is 17.3 Å². The summed E-state index contributed by atoms with van der Waals surface area (Å²) in [7, 11) is 1.52. The Kier molecular flexibility index (Phi) is 7.47. The Balaban J connectivity index is 1.45. The number of hydrogen-bond donors (Lipinski definition) is 1. The molecule has 1 heterocycles. The molecular formula is C31H26FNO4S. The fraction of sp³-hybridized carbons (Fsp3) is 0.161. The van der Waals surface area contributed by atoms with E-state index in [2.05, 4.69) is 0 Å². The van der Waals surface area contributed by atoms with Crippen LogP contribution in [0, 0.1) is 5.82 Å². The number of nitrogens with zero attached hydrogens (tertiary/aromatic N) is 1. The quantitative estimate of drug-likeness (QED) is 0.238. The minimum Gasteiger partial charge on any atom is -0.507 e. The van der Waals surface area contributed by atoms with Gasteiger partial charge in [0.25, 0.3) is 5.24 Å². The van der Waals surface area contributed by atoms with Gasteiger partial charge in [-0.3, -0.25) is 14.5 Å². The van der Waals surface area contributed by atoms with Crippen molar-refractivity contribution in [3.05, 3.63) is 114 Å². The lowest BCUT2D eigenvalue weighted by molar-refractivity contribution is 0.0979. The first-order chi connectivity index (χ1) is 18.4. The van der Waals surface area contributed by atoms with Crippen LogP contribution < -0.4 is 9.64 Å². The topological polar surface area (TPSA) is 66.8 Å². The van der Waals surface area contributed by atoms with Crippen molar-refractivity contribution >= 4 is 28.5 Å². The SMILES string of the molecule is COc1ccc([C@@H]2[C@@H](CCC(=O)c3ccc(F)cc3)SC(=O)N2c2ccc(-c3ccccc3)cc2)c(O)c1. The lowest BCUT2D eigenvalue weighted by Crippen LogP contribution is -2.29. The largest absolute Gasteiger partial charge is 0.507 e. The van der Waals surface area contributed by atoms with Crippen LogP contribution >= 0.6 is 11.8 Å². The van der Waals surface area contributed by atoms with E-state index >= 15 is 0 Å². The van der Waals surface area contributed by atoms with E-state index in [-0.39, 0.29) is 28.4 Å². The van der Waals surface area contributed by atoms with E-state index in [4.69, 9.17) is 4.74 Å². The molecule has 1 aliphatic heterocycles. The molecule has 0 saturated carbocycles. The standard InChI is InChI=1S/C31H26FNO4S/c1-37-25-15-16-26(28(35)19-25)30-29(18-17-27(34)22-7-11-23(32)12-8-22)38-31(36)33(30)24-13-9-21(10-14-24)20-5-3-2-4-6-20/h2-16,19,29-30,35H,17-18H2,1H3/t29-,30-/m1/s1. The van der Waals surface area contributed by atoms with Crippen LogP contribution in [0.5, 0.6) is 11.5 Å². The predicted molar refractivity (Wildman–Crippen MR) is 148 cm³/mol. The average molecular weight is 528 g/mol. The van der Waals surface area contributed by atoms with Crippen molar-refractivity contribution in [3.63, 3.8) is 0 Å². The van der Waals surface area contributed by atoms with Crippen LogP contribution in [0.3, 0.4) is 0 Å². The van der Waals surface area contributed by atoms with Gasteiger partial charge in [-0.1, -0.05) is 54.2 Å². The molecule has 5 rings (SSSR count). The zero-order valence-electron chi connectivity index (χ0n) is 20.7. The number of benzene rings is 4. The van der Waals surface area contributed by atoms with Gasteiger partial charge in [0.2, 0.25) is 0 Å². The molecule has 1 amide bonds. The van der Waals surface area contributed by atoms with Crippen molar-refractivity contribution in [3.8, 4) is 22.6 Å². The number of ether oxygens (including phenoxy) is 1. The Morgan fingerprint density at radius 1 is 0.947 bits per heavy atom. The summed E-state index contributed by atoms with van der Waals surface area (Å²) in [5, 5.41) is 10.4. The summed E-state index contributed by atoms with van der Waals surface area (Å²) in [6, 6.07) is 27.7. The highest BCUT2D eigenvalue weighted by Gasteiger charge is 2.43. The van der Waals surface area contributed by atoms with Crippen LogP contribution in [0.25, 0.3) is 11.1 Å². The predicted octanol–water partition coefficient (Wildman–Crippen LogP) is 7.65. The smallest absolute Gasteiger partial charge is 0.287 e. The number of phenols is 1. The second-order valence-electron chi connectivity index (χ2n) is 9.04. The van der Waals surface area contributed by atoms with Crippen LogP contribution in [0.4, 0.5) is 14.9 Å². The summed E-state index contributed by atoms with van der Waals surface area (Å²) in [5.41, 5.74) is 3.81. The first-order valence-corrected chi connectivity index (χ1v) is 13.1. The van der Waals surface area contributed by atoms with Crippen molar-refractivity contribution in [1.82, 2.24) is 0 Å². The highest BCUT2D eigenvalue weighted by molar-refractivity contribution is 8.14. The number of carbonyl (C=O) groups is 2. The van der Waals surface area contributed by atoms with Gasteiger partial charge in [0.15, 0.2) is 5.78 Å². The molecule has 1 fully saturated rings. The van der Waals surface area contributed by atoms with E-state index in [1.807, 2.05) is 54.6 Å². The summed E-state index contributed by atoms with van der Waals surface area (Å²) < 4.78 is 18.5. The van der Waals surface area contributed by atoms with Gasteiger partial charge in [-0.25, -0.2) is 4.39 Å². The van der Waals surface area contributed by atoms with Crippen LogP contribution in [-0.2, 0) is 0 Å². The van der Waals surface area contributed by atoms with Gasteiger partial charge in [-0.05, 0) is 66.1 Å². The Labute approximate surface area is 224 Å². The number of anilines is 1. The van der Waals surface area contributed by atoms with E-state index in [1.54, 1.807) is 17.0 Å². The molecule has 0 unspecified atom stereocenters. The summed E-state index contributed by atoms with van der Waals surface area (Å²) in [6.07, 6.45) is 0.589. The summed E-state index contributed by atoms with van der Waals surface area (Å²) in [6.45, 7) is 0. The minimum atomic E-state index is -0.498. The van der Waals surface area contributed by atoms with Crippen molar-refractivity contribution in [1.29, 1.82) is 0 Å². The normalized spacial score (nSPS) is 17.0. The van der Waals surface area contributed by atoms with E-state index in [0.29, 0.717) is 29.0 Å². The number of hydrogen-bond acceptors (Lipinski definition) is 5. The number of phenolic OH excluding ortho intramolecular Hbond substituents is 1. The fourth-order valence-corrected chi connectivity index (χ4v) is 5.98. The van der Waals surface area contributed by atoms with Crippen molar-refractivity contribution in [2.75, 3.05) is 12.0 Å². The molecule has 0 aliphatic carbocycles. The number of thioether (sulfide) groups is 1. The maximum Gasteiger partial charge on any atom is 0.287 e. The Hall–Kier alpha value is -4.10. The van der Waals surface area contributed by atoms with E-state index in [9.17, 15) is 19.1 Å². The highest BCUT2D eigenvalue weighted by atomic mass is 32.2. The third-order valence-corrected chi connectivity index (χ3v) is 7.90. The molecule has 7 heteroatoms. The van der Waals surface area contributed by atoms with Crippen molar-refractivity contribution in [2.45, 2.75) is 24.1 Å². The Morgan fingerprint density at radius 2 is 1.63 bits per heavy atom. The highest BCUT2D eigenvalue weighted by Crippen LogP contribution is 2.49. The third-order valence-electron chi connectivity index (χ3n) is 6.71. The number of Topliss-reactive ketones (excluding diaryl/α,β-unsaturated/α-hetero) is 1. The summed E-state index contributed by atoms with van der Waals surface area (Å²) in [5.74, 6) is -0.000624. The van der Waals surface area contributed by atoms with Crippen LogP contribution in [-0.4, -0.2) is 28.5 Å². The average Bonchev–Trinajstić information content (AvgIpc) is 3.28. The molecule has 1 N–H and O–H groups in total. The fourth-order valence-electron chi connectivity index (χ4n) is 4.75. The molecule has 4 aromatic rings. The molecule has 1 aliphatic rings. The molecule has 1 saturated heterocycles. The number of rotatable bonds is 8. The van der Waals surface area contributed by atoms with Gasteiger partial charge in [-0.15, -0.1) is 0 Å². The molecule has 38 heavy (non-hydrogen) atoms. The maximum absolute atomic E-state index is 13.4. The second kappa shape index (κ2) is 11.1. The van der Waals surface area contributed by atoms with Gasteiger partial charge in [-0.2, -0.15) is 0 Å². The molecule has 2 atom stereocenters. The monoisotopic (exact) mass is 527 g/mol. The number of amides is 1. The van der Waals surface area contributed by atoms with E-state index in [1.165, 1.54) is 37.4 Å². The van der Waals surface area contributed by atoms with Crippen molar-refractivity contribution in [2.24, 2.45) is 0 Å². The van der Waals surface area contributed by atoms with E-state index in [0.717, 1.165) is 22.9 Å². The molecule has 0 bridgehead atoms. The molecule has 0 radical (unpaired) electrons. The number of aromatic hydroxyl groups is 1. The van der Waals surface area contributed by atoms with Gasteiger partial charge < -0.3 is 9.84 Å². The minimum absolute atomic E-state index is 0.0189. The summed E-state index contributed by atoms with van der Waals surface area (Å²) in [4.78, 5) is 27.9. The van der Waals surface area contributed by atoms with Gasteiger partial charge >= 0.3 is 0 Å². The number of ketones is 1.